The number of nitrogens with zero attached hydrogens (tertiary/aromatic N) is 4. The van der Waals surface area contributed by atoms with E-state index in [4.69, 9.17) is 4.98 Å². The molecule has 3 aliphatic rings. The first-order valence-corrected chi connectivity index (χ1v) is 9.70. The van der Waals surface area contributed by atoms with Gasteiger partial charge in [-0.05, 0) is 43.2 Å². The highest BCUT2D eigenvalue weighted by atomic mass is 16.2. The Morgan fingerprint density at radius 1 is 1.12 bits per heavy atom. The average Bonchev–Trinajstić information content (AvgIpc) is 3.36. The maximum Gasteiger partial charge on any atom is 0.226 e. The van der Waals surface area contributed by atoms with Crippen LogP contribution in [0.15, 0.2) is 30.6 Å². The van der Waals surface area contributed by atoms with Crippen molar-refractivity contribution in [2.75, 3.05) is 26.2 Å². The summed E-state index contributed by atoms with van der Waals surface area (Å²) in [4.78, 5) is 22.1. The maximum atomic E-state index is 12.9. The summed E-state index contributed by atoms with van der Waals surface area (Å²) in [7, 11) is 0. The molecule has 3 fully saturated rings. The maximum absolute atomic E-state index is 12.9. The zero-order valence-corrected chi connectivity index (χ0v) is 14.7. The highest BCUT2D eigenvalue weighted by molar-refractivity contribution is 5.79. The average molecular weight is 338 g/mol. The van der Waals surface area contributed by atoms with Gasteiger partial charge in [0.25, 0.3) is 0 Å². The third-order valence-corrected chi connectivity index (χ3v) is 6.54. The number of piperazine rings is 1. The van der Waals surface area contributed by atoms with Crippen molar-refractivity contribution in [3.63, 3.8) is 0 Å². The number of hydrogen-bond acceptors (Lipinski definition) is 3. The van der Waals surface area contributed by atoms with Gasteiger partial charge in [-0.3, -0.25) is 9.69 Å². The molecule has 3 atom stereocenters. The summed E-state index contributed by atoms with van der Waals surface area (Å²) in [5, 5.41) is 0. The lowest BCUT2D eigenvalue weighted by Gasteiger charge is -2.37. The summed E-state index contributed by atoms with van der Waals surface area (Å²) in [5.74, 6) is 2.31. The molecule has 1 amide bonds. The van der Waals surface area contributed by atoms with Gasteiger partial charge in [-0.1, -0.05) is 12.5 Å². The van der Waals surface area contributed by atoms with Crippen LogP contribution in [0.3, 0.4) is 0 Å². The molecule has 5 rings (SSSR count). The van der Waals surface area contributed by atoms with Crippen molar-refractivity contribution in [1.82, 2.24) is 19.2 Å². The monoisotopic (exact) mass is 338 g/mol. The van der Waals surface area contributed by atoms with Crippen molar-refractivity contribution in [3.8, 4) is 0 Å². The molecule has 2 aliphatic carbocycles. The summed E-state index contributed by atoms with van der Waals surface area (Å²) in [6.07, 6.45) is 9.27. The fourth-order valence-corrected chi connectivity index (χ4v) is 5.20. The Bertz CT molecular complexity index is 744. The van der Waals surface area contributed by atoms with Crippen LogP contribution in [0.25, 0.3) is 5.65 Å². The predicted octanol–water partition coefficient (Wildman–Crippen LogP) is 2.41. The molecule has 0 aromatic carbocycles. The van der Waals surface area contributed by atoms with E-state index in [-0.39, 0.29) is 0 Å². The van der Waals surface area contributed by atoms with Crippen molar-refractivity contribution in [1.29, 1.82) is 0 Å². The van der Waals surface area contributed by atoms with Crippen LogP contribution in [0.4, 0.5) is 0 Å². The Kier molecular flexibility index (Phi) is 3.77. The lowest BCUT2D eigenvalue weighted by Crippen LogP contribution is -2.50. The number of imidazole rings is 1. The SMILES string of the molecule is O=C([C@H]1C[C@@H]2CC[C@@H]1C2)N1CCN(Cc2cn3ccccc3n2)CC1. The van der Waals surface area contributed by atoms with Crippen LogP contribution in [0, 0.1) is 17.8 Å². The van der Waals surface area contributed by atoms with Gasteiger partial charge in [0.1, 0.15) is 5.65 Å². The molecular formula is C20H26N4O. The van der Waals surface area contributed by atoms with Gasteiger partial charge in [0.05, 0.1) is 5.69 Å². The Labute approximate surface area is 148 Å². The molecule has 1 saturated heterocycles. The minimum Gasteiger partial charge on any atom is -0.340 e. The summed E-state index contributed by atoms with van der Waals surface area (Å²) in [6.45, 7) is 4.54. The quantitative estimate of drug-likeness (QED) is 0.863. The third kappa shape index (κ3) is 2.84. The van der Waals surface area contributed by atoms with E-state index in [1.807, 2.05) is 24.4 Å². The van der Waals surface area contributed by atoms with Crippen LogP contribution in [0.5, 0.6) is 0 Å². The summed E-state index contributed by atoms with van der Waals surface area (Å²) < 4.78 is 2.07. The van der Waals surface area contributed by atoms with Gasteiger partial charge in [0, 0.05) is 51.0 Å². The van der Waals surface area contributed by atoms with E-state index >= 15 is 0 Å². The molecule has 0 N–H and O–H groups in total. The van der Waals surface area contributed by atoms with Crippen LogP contribution in [0.1, 0.15) is 31.4 Å². The number of hydrogen-bond donors (Lipinski definition) is 0. The van der Waals surface area contributed by atoms with Crippen molar-refractivity contribution in [3.05, 3.63) is 36.3 Å². The second-order valence-corrected chi connectivity index (χ2v) is 8.08. The molecule has 2 aromatic rings. The Morgan fingerprint density at radius 2 is 2.00 bits per heavy atom. The predicted molar refractivity (Wildman–Crippen MR) is 96.0 cm³/mol. The van der Waals surface area contributed by atoms with E-state index in [9.17, 15) is 4.79 Å². The lowest BCUT2D eigenvalue weighted by molar-refractivity contribution is -0.139. The molecule has 0 spiro atoms. The van der Waals surface area contributed by atoms with Crippen molar-refractivity contribution >= 4 is 11.6 Å². The van der Waals surface area contributed by atoms with Crippen molar-refractivity contribution in [2.24, 2.45) is 17.8 Å². The first-order valence-electron chi connectivity index (χ1n) is 9.70. The number of fused-ring (bicyclic) bond motifs is 3. The van der Waals surface area contributed by atoms with Gasteiger partial charge in [-0.15, -0.1) is 0 Å². The number of aromatic nitrogens is 2. The number of amides is 1. The van der Waals surface area contributed by atoms with Gasteiger partial charge in [-0.2, -0.15) is 0 Å². The van der Waals surface area contributed by atoms with E-state index < -0.39 is 0 Å². The topological polar surface area (TPSA) is 40.9 Å². The summed E-state index contributed by atoms with van der Waals surface area (Å²) in [5.41, 5.74) is 2.11. The van der Waals surface area contributed by atoms with Gasteiger partial charge in [0.2, 0.25) is 5.91 Å². The minimum absolute atomic E-state index is 0.337. The van der Waals surface area contributed by atoms with Gasteiger partial charge in [-0.25, -0.2) is 4.98 Å². The summed E-state index contributed by atoms with van der Waals surface area (Å²) >= 11 is 0. The molecule has 5 heteroatoms. The summed E-state index contributed by atoms with van der Waals surface area (Å²) in [6, 6.07) is 6.08. The second-order valence-electron chi connectivity index (χ2n) is 8.08. The molecule has 2 aromatic heterocycles. The highest BCUT2D eigenvalue weighted by Gasteiger charge is 2.44. The standard InChI is InChI=1S/C20H26N4O/c25-20(18-12-15-4-5-16(18)11-15)23-9-7-22(8-10-23)13-17-14-24-6-2-1-3-19(24)21-17/h1-3,6,14-16,18H,4-5,7-13H2/t15-,16-,18+/m1/s1. The minimum atomic E-state index is 0.337. The van der Waals surface area contributed by atoms with E-state index in [0.717, 1.165) is 56.4 Å². The fourth-order valence-electron chi connectivity index (χ4n) is 5.20. The Hall–Kier alpha value is -1.88. The molecule has 132 valence electrons. The molecule has 5 nitrogen and oxygen atoms in total. The van der Waals surface area contributed by atoms with E-state index in [0.29, 0.717) is 17.7 Å². The molecular weight excluding hydrogens is 312 g/mol. The second kappa shape index (κ2) is 6.13. The Morgan fingerprint density at radius 3 is 2.72 bits per heavy atom. The van der Waals surface area contributed by atoms with Crippen LogP contribution >= 0.6 is 0 Å². The molecule has 1 aliphatic heterocycles. The third-order valence-electron chi connectivity index (χ3n) is 6.54. The molecule has 2 saturated carbocycles. The first-order chi connectivity index (χ1) is 12.3. The van der Waals surface area contributed by atoms with Crippen molar-refractivity contribution in [2.45, 2.75) is 32.2 Å². The zero-order chi connectivity index (χ0) is 16.8. The van der Waals surface area contributed by atoms with Gasteiger partial charge >= 0.3 is 0 Å². The molecule has 2 bridgehead atoms. The van der Waals surface area contributed by atoms with E-state index in [1.165, 1.54) is 19.3 Å². The van der Waals surface area contributed by atoms with Gasteiger partial charge in [0.15, 0.2) is 0 Å². The molecule has 0 radical (unpaired) electrons. The van der Waals surface area contributed by atoms with E-state index in [1.54, 1.807) is 0 Å². The lowest BCUT2D eigenvalue weighted by atomic mass is 9.87. The smallest absolute Gasteiger partial charge is 0.226 e. The fraction of sp³-hybridized carbons (Fsp3) is 0.600. The van der Waals surface area contributed by atoms with Crippen molar-refractivity contribution < 1.29 is 4.79 Å². The molecule has 3 heterocycles. The number of pyridine rings is 1. The van der Waals surface area contributed by atoms with Crippen LogP contribution in [-0.4, -0.2) is 51.3 Å². The largest absolute Gasteiger partial charge is 0.340 e. The zero-order valence-electron chi connectivity index (χ0n) is 14.7. The van der Waals surface area contributed by atoms with Crippen LogP contribution in [-0.2, 0) is 11.3 Å². The molecule has 0 unspecified atom stereocenters. The normalized spacial score (nSPS) is 29.6. The Balaban J connectivity index is 1.18. The van der Waals surface area contributed by atoms with Crippen LogP contribution in [0.2, 0.25) is 0 Å². The van der Waals surface area contributed by atoms with E-state index in [2.05, 4.69) is 20.4 Å². The number of rotatable bonds is 3. The van der Waals surface area contributed by atoms with Crippen LogP contribution < -0.4 is 0 Å². The highest BCUT2D eigenvalue weighted by Crippen LogP contribution is 2.48. The van der Waals surface area contributed by atoms with Gasteiger partial charge < -0.3 is 9.30 Å². The molecule has 25 heavy (non-hydrogen) atoms. The number of carbonyl (C=O) groups excluding carboxylic acids is 1. The first kappa shape index (κ1) is 15.4. The number of carbonyl (C=O) groups is 1.